The molecule has 0 fully saturated rings. The maximum atomic E-state index is 4.71. The third kappa shape index (κ3) is 6.33. The first-order chi connectivity index (χ1) is 9.77. The van der Waals surface area contributed by atoms with Crippen molar-refractivity contribution in [1.82, 2.24) is 4.98 Å². The Balaban J connectivity index is 2.57. The highest BCUT2D eigenvalue weighted by molar-refractivity contribution is 6.89. The predicted molar refractivity (Wildman–Crippen MR) is 98.2 cm³/mol. The molecule has 0 bridgehead atoms. The van der Waals surface area contributed by atoms with Crippen LogP contribution in [0.25, 0.3) is 0 Å². The van der Waals surface area contributed by atoms with Crippen LogP contribution in [0.3, 0.4) is 0 Å². The van der Waals surface area contributed by atoms with Crippen LogP contribution in [0.15, 0.2) is 18.3 Å². The minimum absolute atomic E-state index is 0.225. The van der Waals surface area contributed by atoms with Crippen molar-refractivity contribution < 1.29 is 0 Å². The summed E-state index contributed by atoms with van der Waals surface area (Å²) in [5, 5.41) is 1.39. The predicted octanol–water partition coefficient (Wildman–Crippen LogP) is 5.66. The van der Waals surface area contributed by atoms with E-state index < -0.39 is 8.07 Å². The number of aromatic nitrogens is 1. The van der Waals surface area contributed by atoms with Crippen LogP contribution in [-0.4, -0.2) is 13.1 Å². The van der Waals surface area contributed by atoms with E-state index >= 15 is 0 Å². The zero-order valence-electron chi connectivity index (χ0n) is 15.1. The van der Waals surface area contributed by atoms with Crippen molar-refractivity contribution in [3.63, 3.8) is 0 Å². The molecule has 0 saturated carbocycles. The minimum atomic E-state index is -1.37. The average Bonchev–Trinajstić information content (AvgIpc) is 2.42. The number of nitrogens with zero attached hydrogens (tertiary/aromatic N) is 1. The van der Waals surface area contributed by atoms with E-state index in [4.69, 9.17) is 4.98 Å². The fraction of sp³-hybridized carbons (Fsp3) is 0.737. The van der Waals surface area contributed by atoms with Crippen LogP contribution in [-0.2, 0) is 5.41 Å². The summed E-state index contributed by atoms with van der Waals surface area (Å²) in [6.45, 7) is 14.1. The van der Waals surface area contributed by atoms with E-state index in [-0.39, 0.29) is 5.41 Å². The fourth-order valence-corrected chi connectivity index (χ4v) is 5.10. The number of hydrogen-bond acceptors (Lipinski definition) is 1. The van der Waals surface area contributed by atoms with Crippen LogP contribution in [0.4, 0.5) is 0 Å². The van der Waals surface area contributed by atoms with Crippen LogP contribution < -0.4 is 5.32 Å². The van der Waals surface area contributed by atoms with Gasteiger partial charge >= 0.3 is 0 Å². The molecule has 0 saturated heterocycles. The van der Waals surface area contributed by atoms with Gasteiger partial charge in [0.2, 0.25) is 0 Å². The van der Waals surface area contributed by atoms with E-state index in [0.29, 0.717) is 0 Å². The number of pyridine rings is 1. The van der Waals surface area contributed by atoms with Crippen molar-refractivity contribution in [1.29, 1.82) is 0 Å². The highest BCUT2D eigenvalue weighted by Crippen LogP contribution is 2.22. The van der Waals surface area contributed by atoms with Crippen LogP contribution in [0, 0.1) is 0 Å². The van der Waals surface area contributed by atoms with Crippen LogP contribution in [0.1, 0.15) is 71.8 Å². The minimum Gasteiger partial charge on any atom is -0.266 e. The monoisotopic (exact) mass is 305 g/mol. The smallest absolute Gasteiger partial charge is 0.104 e. The summed E-state index contributed by atoms with van der Waals surface area (Å²) in [6.07, 6.45) is 10.4. The standard InChI is InChI=1S/C19H35NSi/c1-7-8-9-10-11-12-15-21(5,6)18-16-17(13-14-20-18)19(2,3)4/h13-14,16H,7-12,15H2,1-6H3. The molecule has 0 N–H and O–H groups in total. The number of hydrogen-bond donors (Lipinski definition) is 0. The lowest BCUT2D eigenvalue weighted by molar-refractivity contribution is 0.590. The molecule has 0 aromatic carbocycles. The molecular formula is C19H35NSi. The Morgan fingerprint density at radius 2 is 1.62 bits per heavy atom. The van der Waals surface area contributed by atoms with Crippen molar-refractivity contribution in [2.45, 2.75) is 90.8 Å². The van der Waals surface area contributed by atoms with Gasteiger partial charge < -0.3 is 0 Å². The average molecular weight is 306 g/mol. The topological polar surface area (TPSA) is 12.9 Å². The van der Waals surface area contributed by atoms with E-state index in [9.17, 15) is 0 Å². The summed E-state index contributed by atoms with van der Waals surface area (Å²) < 4.78 is 0. The van der Waals surface area contributed by atoms with Gasteiger partial charge in [-0.3, -0.25) is 4.98 Å². The van der Waals surface area contributed by atoms with Crippen LogP contribution in [0.2, 0.25) is 19.1 Å². The molecule has 0 spiro atoms. The van der Waals surface area contributed by atoms with Gasteiger partial charge in [-0.05, 0) is 23.1 Å². The zero-order chi connectivity index (χ0) is 15.9. The summed E-state index contributed by atoms with van der Waals surface area (Å²) >= 11 is 0. The van der Waals surface area contributed by atoms with Gasteiger partial charge in [0.05, 0.1) is 0 Å². The summed E-state index contributed by atoms with van der Waals surface area (Å²) in [5.41, 5.74) is 1.65. The van der Waals surface area contributed by atoms with Gasteiger partial charge in [-0.25, -0.2) is 0 Å². The second kappa shape index (κ2) is 8.12. The van der Waals surface area contributed by atoms with Crippen molar-refractivity contribution >= 4 is 13.4 Å². The molecule has 0 aliphatic rings. The van der Waals surface area contributed by atoms with Gasteiger partial charge in [-0.15, -0.1) is 0 Å². The largest absolute Gasteiger partial charge is 0.266 e. The molecule has 2 heteroatoms. The van der Waals surface area contributed by atoms with E-state index in [1.165, 1.54) is 55.4 Å². The Kier molecular flexibility index (Phi) is 7.12. The Morgan fingerprint density at radius 3 is 2.24 bits per heavy atom. The normalized spacial score (nSPS) is 12.7. The van der Waals surface area contributed by atoms with E-state index in [1.54, 1.807) is 0 Å². The molecule has 0 unspecified atom stereocenters. The first kappa shape index (κ1) is 18.4. The quantitative estimate of drug-likeness (QED) is 0.446. The molecule has 0 atom stereocenters. The maximum Gasteiger partial charge on any atom is 0.104 e. The second-order valence-electron chi connectivity index (χ2n) is 8.08. The van der Waals surface area contributed by atoms with E-state index in [2.05, 4.69) is 52.9 Å². The van der Waals surface area contributed by atoms with Crippen molar-refractivity contribution in [2.24, 2.45) is 0 Å². The highest BCUT2D eigenvalue weighted by atomic mass is 28.3. The van der Waals surface area contributed by atoms with Gasteiger partial charge in [0.15, 0.2) is 0 Å². The van der Waals surface area contributed by atoms with Crippen molar-refractivity contribution in [2.75, 3.05) is 0 Å². The Labute approximate surface area is 133 Å². The molecule has 1 heterocycles. The fourth-order valence-electron chi connectivity index (χ4n) is 2.74. The lowest BCUT2D eigenvalue weighted by Crippen LogP contribution is -2.43. The van der Waals surface area contributed by atoms with Gasteiger partial charge in [-0.2, -0.15) is 0 Å². The number of rotatable bonds is 8. The molecule has 0 aliphatic carbocycles. The summed E-state index contributed by atoms with van der Waals surface area (Å²) in [4.78, 5) is 4.71. The van der Waals surface area contributed by atoms with Gasteiger partial charge in [-0.1, -0.05) is 85.4 Å². The molecule has 21 heavy (non-hydrogen) atoms. The Morgan fingerprint density at radius 1 is 1.00 bits per heavy atom. The molecule has 0 amide bonds. The summed E-state index contributed by atoms with van der Waals surface area (Å²) in [6, 6.07) is 5.93. The zero-order valence-corrected chi connectivity index (χ0v) is 16.1. The molecular weight excluding hydrogens is 270 g/mol. The number of unbranched alkanes of at least 4 members (excludes halogenated alkanes) is 5. The first-order valence-electron chi connectivity index (χ1n) is 8.74. The molecule has 0 radical (unpaired) electrons. The Hall–Kier alpha value is -0.633. The lowest BCUT2D eigenvalue weighted by atomic mass is 9.88. The maximum absolute atomic E-state index is 4.71. The first-order valence-corrected chi connectivity index (χ1v) is 11.9. The molecule has 1 aromatic rings. The molecule has 1 aromatic heterocycles. The molecule has 1 rings (SSSR count). The summed E-state index contributed by atoms with van der Waals surface area (Å²) in [5.74, 6) is 0. The Bertz CT molecular complexity index is 418. The van der Waals surface area contributed by atoms with Crippen LogP contribution >= 0.6 is 0 Å². The SMILES string of the molecule is CCCCCCCC[Si](C)(C)c1cc(C(C)(C)C)ccn1. The van der Waals surface area contributed by atoms with E-state index in [0.717, 1.165) is 0 Å². The van der Waals surface area contributed by atoms with Crippen molar-refractivity contribution in [3.8, 4) is 0 Å². The van der Waals surface area contributed by atoms with Gasteiger partial charge in [0.1, 0.15) is 8.07 Å². The van der Waals surface area contributed by atoms with Crippen molar-refractivity contribution in [3.05, 3.63) is 23.9 Å². The lowest BCUT2D eigenvalue weighted by Gasteiger charge is -2.25. The highest BCUT2D eigenvalue weighted by Gasteiger charge is 2.26. The molecule has 120 valence electrons. The second-order valence-corrected chi connectivity index (χ2v) is 12.9. The summed E-state index contributed by atoms with van der Waals surface area (Å²) in [7, 11) is -1.37. The molecule has 0 aliphatic heterocycles. The van der Waals surface area contributed by atoms with Gasteiger partial charge in [0.25, 0.3) is 0 Å². The van der Waals surface area contributed by atoms with Gasteiger partial charge in [0, 0.05) is 11.5 Å². The van der Waals surface area contributed by atoms with Crippen LogP contribution in [0.5, 0.6) is 0 Å². The third-order valence-electron chi connectivity index (χ3n) is 4.47. The van der Waals surface area contributed by atoms with E-state index in [1.807, 2.05) is 6.20 Å². The third-order valence-corrected chi connectivity index (χ3v) is 7.74. The molecule has 1 nitrogen and oxygen atoms in total.